The zero-order chi connectivity index (χ0) is 11.8. The van der Waals surface area contributed by atoms with E-state index in [-0.39, 0.29) is 20.3 Å². The Labute approximate surface area is 101 Å². The van der Waals surface area contributed by atoms with Gasteiger partial charge in [0, 0.05) is 14.5 Å². The van der Waals surface area contributed by atoms with Crippen LogP contribution in [0.15, 0.2) is 21.1 Å². The molecule has 0 atom stereocenters. The average Bonchev–Trinajstić information content (AvgIpc) is 1.99. The molecule has 0 saturated heterocycles. The standard InChI is InChI=1S/C9H5Br2F3O/c1-4(15)5-2-6(10)8(7(11)3-5)9(12,13)14/h2-3H,1H3. The molecule has 0 N–H and O–H groups in total. The Hall–Kier alpha value is -0.360. The van der Waals surface area contributed by atoms with Gasteiger partial charge in [-0.2, -0.15) is 13.2 Å². The molecule has 0 bridgehead atoms. The highest BCUT2D eigenvalue weighted by atomic mass is 79.9. The summed E-state index contributed by atoms with van der Waals surface area (Å²) in [5.74, 6) is -0.287. The quantitative estimate of drug-likeness (QED) is 0.688. The van der Waals surface area contributed by atoms with E-state index in [2.05, 4.69) is 31.9 Å². The van der Waals surface area contributed by atoms with E-state index in [0.29, 0.717) is 0 Å². The van der Waals surface area contributed by atoms with Gasteiger partial charge >= 0.3 is 6.18 Å². The van der Waals surface area contributed by atoms with Crippen molar-refractivity contribution >= 4 is 37.6 Å². The van der Waals surface area contributed by atoms with Crippen molar-refractivity contribution in [3.63, 3.8) is 0 Å². The van der Waals surface area contributed by atoms with Crippen LogP contribution in [0.25, 0.3) is 0 Å². The van der Waals surface area contributed by atoms with Crippen molar-refractivity contribution in [2.75, 3.05) is 0 Å². The molecule has 0 aliphatic heterocycles. The minimum Gasteiger partial charge on any atom is -0.295 e. The molecular formula is C9H5Br2F3O. The predicted molar refractivity (Wildman–Crippen MR) is 56.8 cm³/mol. The average molecular weight is 346 g/mol. The van der Waals surface area contributed by atoms with Crippen LogP contribution in [0.5, 0.6) is 0 Å². The third kappa shape index (κ3) is 2.81. The summed E-state index contributed by atoms with van der Waals surface area (Å²) in [5, 5.41) is 0. The SMILES string of the molecule is CC(=O)c1cc(Br)c(C(F)(F)F)c(Br)c1. The van der Waals surface area contributed by atoms with Gasteiger partial charge in [-0.15, -0.1) is 0 Å². The van der Waals surface area contributed by atoms with Crippen molar-refractivity contribution in [2.24, 2.45) is 0 Å². The largest absolute Gasteiger partial charge is 0.418 e. The first kappa shape index (κ1) is 12.7. The van der Waals surface area contributed by atoms with Crippen LogP contribution in [0.2, 0.25) is 0 Å². The van der Waals surface area contributed by atoms with E-state index in [1.54, 1.807) is 0 Å². The zero-order valence-corrected chi connectivity index (χ0v) is 10.6. The molecule has 0 heterocycles. The summed E-state index contributed by atoms with van der Waals surface area (Å²) < 4.78 is 37.2. The summed E-state index contributed by atoms with van der Waals surface area (Å²) >= 11 is 5.60. The lowest BCUT2D eigenvalue weighted by atomic mass is 10.1. The highest BCUT2D eigenvalue weighted by Crippen LogP contribution is 2.40. The molecule has 0 spiro atoms. The number of Topliss-reactive ketones (excluding diaryl/α,β-unsaturated/α-hetero) is 1. The van der Waals surface area contributed by atoms with Crippen LogP contribution >= 0.6 is 31.9 Å². The molecular weight excluding hydrogens is 341 g/mol. The Morgan fingerprint density at radius 2 is 1.60 bits per heavy atom. The predicted octanol–water partition coefficient (Wildman–Crippen LogP) is 4.43. The Morgan fingerprint density at radius 1 is 1.20 bits per heavy atom. The molecule has 0 aliphatic rings. The number of hydrogen-bond acceptors (Lipinski definition) is 1. The topological polar surface area (TPSA) is 17.1 Å². The van der Waals surface area contributed by atoms with Gasteiger partial charge in [-0.1, -0.05) is 31.9 Å². The van der Waals surface area contributed by atoms with Crippen molar-refractivity contribution in [1.82, 2.24) is 0 Å². The van der Waals surface area contributed by atoms with Crippen LogP contribution in [0.1, 0.15) is 22.8 Å². The highest BCUT2D eigenvalue weighted by molar-refractivity contribution is 9.11. The number of carbonyl (C=O) groups excluding carboxylic acids is 1. The van der Waals surface area contributed by atoms with Crippen molar-refractivity contribution in [1.29, 1.82) is 0 Å². The van der Waals surface area contributed by atoms with E-state index in [0.717, 1.165) is 12.1 Å². The maximum atomic E-state index is 12.5. The minimum atomic E-state index is -4.45. The van der Waals surface area contributed by atoms with Gasteiger partial charge in [-0.05, 0) is 19.1 Å². The minimum absolute atomic E-state index is 0.144. The van der Waals surface area contributed by atoms with E-state index in [1.165, 1.54) is 6.92 Å². The third-order valence-electron chi connectivity index (χ3n) is 1.73. The van der Waals surface area contributed by atoms with Crippen molar-refractivity contribution in [3.05, 3.63) is 32.2 Å². The lowest BCUT2D eigenvalue weighted by Gasteiger charge is -2.12. The fraction of sp³-hybridized carbons (Fsp3) is 0.222. The summed E-state index contributed by atoms with van der Waals surface area (Å²) in [6.45, 7) is 1.29. The third-order valence-corrected chi connectivity index (χ3v) is 2.98. The second-order valence-electron chi connectivity index (χ2n) is 2.87. The number of carbonyl (C=O) groups is 1. The molecule has 0 fully saturated rings. The van der Waals surface area contributed by atoms with Gasteiger partial charge in [0.25, 0.3) is 0 Å². The Morgan fingerprint density at radius 3 is 1.87 bits per heavy atom. The fourth-order valence-electron chi connectivity index (χ4n) is 1.05. The first-order chi connectivity index (χ1) is 6.73. The van der Waals surface area contributed by atoms with Gasteiger partial charge in [-0.25, -0.2) is 0 Å². The number of alkyl halides is 3. The number of ketones is 1. The second-order valence-corrected chi connectivity index (χ2v) is 4.58. The van der Waals surface area contributed by atoms with Gasteiger partial charge in [0.15, 0.2) is 5.78 Å². The van der Waals surface area contributed by atoms with Gasteiger partial charge in [-0.3, -0.25) is 4.79 Å². The van der Waals surface area contributed by atoms with Crippen molar-refractivity contribution in [2.45, 2.75) is 13.1 Å². The molecule has 0 radical (unpaired) electrons. The Kier molecular flexibility index (Phi) is 3.60. The molecule has 0 amide bonds. The second kappa shape index (κ2) is 4.25. The van der Waals surface area contributed by atoms with Crippen molar-refractivity contribution in [3.8, 4) is 0 Å². The van der Waals surface area contributed by atoms with E-state index in [1.807, 2.05) is 0 Å². The van der Waals surface area contributed by atoms with E-state index >= 15 is 0 Å². The van der Waals surface area contributed by atoms with Gasteiger partial charge in [0.1, 0.15) is 0 Å². The summed E-state index contributed by atoms with van der Waals surface area (Å²) in [5.41, 5.74) is -0.589. The number of halogens is 5. The van der Waals surface area contributed by atoms with Gasteiger partial charge in [0.2, 0.25) is 0 Å². The number of benzene rings is 1. The molecule has 1 aromatic rings. The van der Waals surface area contributed by atoms with Crippen LogP contribution in [0.3, 0.4) is 0 Å². The lowest BCUT2D eigenvalue weighted by Crippen LogP contribution is -2.08. The Balaban J connectivity index is 3.41. The fourth-order valence-corrected chi connectivity index (χ4v) is 2.68. The van der Waals surface area contributed by atoms with Crippen LogP contribution in [0, 0.1) is 0 Å². The number of rotatable bonds is 1. The molecule has 1 nitrogen and oxygen atoms in total. The molecule has 0 unspecified atom stereocenters. The van der Waals surface area contributed by atoms with Crippen LogP contribution < -0.4 is 0 Å². The van der Waals surface area contributed by atoms with Gasteiger partial charge < -0.3 is 0 Å². The molecule has 82 valence electrons. The summed E-state index contributed by atoms with van der Waals surface area (Å²) in [7, 11) is 0. The van der Waals surface area contributed by atoms with Crippen LogP contribution in [0.4, 0.5) is 13.2 Å². The molecule has 1 rings (SSSR count). The zero-order valence-electron chi connectivity index (χ0n) is 7.45. The molecule has 1 aromatic carbocycles. The monoisotopic (exact) mass is 344 g/mol. The summed E-state index contributed by atoms with van der Waals surface area (Å²) in [6.07, 6.45) is -4.45. The molecule has 15 heavy (non-hydrogen) atoms. The van der Waals surface area contributed by atoms with E-state index < -0.39 is 11.7 Å². The normalized spacial score (nSPS) is 11.6. The molecule has 0 aromatic heterocycles. The van der Waals surface area contributed by atoms with Crippen LogP contribution in [-0.2, 0) is 6.18 Å². The van der Waals surface area contributed by atoms with E-state index in [9.17, 15) is 18.0 Å². The Bertz CT molecular complexity index is 389. The number of hydrogen-bond donors (Lipinski definition) is 0. The highest BCUT2D eigenvalue weighted by Gasteiger charge is 2.35. The molecule has 6 heteroatoms. The summed E-state index contributed by atoms with van der Waals surface area (Å²) in [6, 6.07) is 2.33. The smallest absolute Gasteiger partial charge is 0.295 e. The van der Waals surface area contributed by atoms with Gasteiger partial charge in [0.05, 0.1) is 5.56 Å². The maximum Gasteiger partial charge on any atom is 0.418 e. The maximum absolute atomic E-state index is 12.5. The summed E-state index contributed by atoms with van der Waals surface area (Å²) in [4.78, 5) is 11.0. The van der Waals surface area contributed by atoms with Crippen LogP contribution in [-0.4, -0.2) is 5.78 Å². The molecule has 0 aliphatic carbocycles. The van der Waals surface area contributed by atoms with E-state index in [4.69, 9.17) is 0 Å². The molecule has 0 saturated carbocycles. The first-order valence-corrected chi connectivity index (χ1v) is 5.39. The van der Waals surface area contributed by atoms with Crippen molar-refractivity contribution < 1.29 is 18.0 Å². The first-order valence-electron chi connectivity index (χ1n) is 3.80. The lowest BCUT2D eigenvalue weighted by molar-refractivity contribution is -0.138.